The maximum atomic E-state index is 13.5. The van der Waals surface area contributed by atoms with Gasteiger partial charge in [-0.25, -0.2) is 9.37 Å². The Morgan fingerprint density at radius 1 is 1.30 bits per heavy atom. The van der Waals surface area contributed by atoms with Gasteiger partial charge in [-0.05, 0) is 23.6 Å². The Kier molecular flexibility index (Phi) is 9.21. The number of aromatic nitrogens is 2. The molecule has 0 unspecified atom stereocenters. The molecule has 150 valence electrons. The molecule has 1 aromatic carbocycles. The summed E-state index contributed by atoms with van der Waals surface area (Å²) in [6.07, 6.45) is 3.82. The summed E-state index contributed by atoms with van der Waals surface area (Å²) in [6.45, 7) is 10.7. The number of nitrogens with zero attached hydrogens (tertiary/aromatic N) is 3. The third-order valence-corrected chi connectivity index (χ3v) is 4.30. The zero-order chi connectivity index (χ0) is 19.2. The summed E-state index contributed by atoms with van der Waals surface area (Å²) >= 11 is 0. The number of guanidine groups is 1. The summed E-state index contributed by atoms with van der Waals surface area (Å²) in [5.74, 6) is 2.03. The van der Waals surface area contributed by atoms with Crippen molar-refractivity contribution in [2.24, 2.45) is 10.9 Å². The van der Waals surface area contributed by atoms with E-state index in [-0.39, 0.29) is 35.2 Å². The lowest BCUT2D eigenvalue weighted by atomic mass is 9.84. The number of nitrogens with one attached hydrogen (secondary N) is 2. The van der Waals surface area contributed by atoms with Crippen molar-refractivity contribution in [3.63, 3.8) is 0 Å². The molecule has 2 N–H and O–H groups in total. The zero-order valence-corrected chi connectivity index (χ0v) is 19.1. The Balaban J connectivity index is 0.00000364. The van der Waals surface area contributed by atoms with Crippen LogP contribution in [0.1, 0.15) is 39.1 Å². The first-order chi connectivity index (χ1) is 12.3. The van der Waals surface area contributed by atoms with E-state index in [2.05, 4.69) is 52.9 Å². The van der Waals surface area contributed by atoms with Crippen LogP contribution in [0.2, 0.25) is 0 Å². The van der Waals surface area contributed by atoms with E-state index in [0.717, 1.165) is 17.9 Å². The highest BCUT2D eigenvalue weighted by Gasteiger charge is 2.21. The zero-order valence-electron chi connectivity index (χ0n) is 16.8. The van der Waals surface area contributed by atoms with Gasteiger partial charge in [0.25, 0.3) is 0 Å². The molecule has 0 saturated heterocycles. The molecule has 0 spiro atoms. The molecule has 5 nitrogen and oxygen atoms in total. The molecule has 1 aromatic heterocycles. The van der Waals surface area contributed by atoms with Crippen LogP contribution in [0.4, 0.5) is 4.39 Å². The van der Waals surface area contributed by atoms with E-state index >= 15 is 0 Å². The van der Waals surface area contributed by atoms with Gasteiger partial charge in [0.05, 0.1) is 6.54 Å². The Bertz CT molecular complexity index is 739. The summed E-state index contributed by atoms with van der Waals surface area (Å²) in [7, 11) is 1.74. The number of hydrogen-bond acceptors (Lipinski definition) is 2. The maximum absolute atomic E-state index is 13.5. The summed E-state index contributed by atoms with van der Waals surface area (Å²) in [5, 5.41) is 6.63. The summed E-state index contributed by atoms with van der Waals surface area (Å²) in [6, 6.07) is 6.74. The second-order valence-electron chi connectivity index (χ2n) is 7.56. The summed E-state index contributed by atoms with van der Waals surface area (Å²) in [4.78, 5) is 8.69. The number of aliphatic imine (C=N–C) groups is 1. The van der Waals surface area contributed by atoms with Crippen LogP contribution in [0, 0.1) is 11.7 Å². The van der Waals surface area contributed by atoms with Crippen molar-refractivity contribution in [1.29, 1.82) is 0 Å². The highest BCUT2D eigenvalue weighted by Crippen LogP contribution is 2.22. The molecule has 0 aliphatic heterocycles. The molecule has 1 heterocycles. The third kappa shape index (κ3) is 7.12. The van der Waals surface area contributed by atoms with Crippen LogP contribution in [0.3, 0.4) is 0 Å². The molecule has 0 fully saturated rings. The highest BCUT2D eigenvalue weighted by molar-refractivity contribution is 14.0. The standard InChI is InChI=1S/C20H30FN5.HI/c1-15(2)13-26-10-9-23-18(26)12-24-19(22-5)25-14-20(3,4)16-7-6-8-17(21)11-16;/h6-11,15H,12-14H2,1-5H3,(H2,22,24,25);1H. The fourth-order valence-electron chi connectivity index (χ4n) is 2.77. The van der Waals surface area contributed by atoms with Gasteiger partial charge in [0, 0.05) is 37.9 Å². The molecule has 27 heavy (non-hydrogen) atoms. The summed E-state index contributed by atoms with van der Waals surface area (Å²) < 4.78 is 15.7. The average Bonchev–Trinajstić information content (AvgIpc) is 3.01. The van der Waals surface area contributed by atoms with Crippen LogP contribution in [0.15, 0.2) is 41.7 Å². The van der Waals surface area contributed by atoms with Crippen LogP contribution in [-0.2, 0) is 18.5 Å². The SMILES string of the molecule is CN=C(NCc1nccn1CC(C)C)NCC(C)(C)c1cccc(F)c1.I. The van der Waals surface area contributed by atoms with Crippen LogP contribution in [0.5, 0.6) is 0 Å². The van der Waals surface area contributed by atoms with Gasteiger partial charge in [-0.3, -0.25) is 4.99 Å². The Morgan fingerprint density at radius 3 is 2.67 bits per heavy atom. The van der Waals surface area contributed by atoms with Crippen molar-refractivity contribution in [2.45, 2.75) is 46.2 Å². The highest BCUT2D eigenvalue weighted by atomic mass is 127. The number of imidazole rings is 1. The molecule has 0 aliphatic rings. The monoisotopic (exact) mass is 487 g/mol. The second kappa shape index (κ2) is 10.6. The van der Waals surface area contributed by atoms with Gasteiger partial charge >= 0.3 is 0 Å². The predicted octanol–water partition coefficient (Wildman–Crippen LogP) is 3.94. The predicted molar refractivity (Wildman–Crippen MR) is 120 cm³/mol. The molecular formula is C20H31FIN5. The van der Waals surface area contributed by atoms with E-state index < -0.39 is 0 Å². The Morgan fingerprint density at radius 2 is 2.04 bits per heavy atom. The van der Waals surface area contributed by atoms with E-state index in [1.165, 1.54) is 6.07 Å². The van der Waals surface area contributed by atoms with Crippen molar-refractivity contribution in [3.8, 4) is 0 Å². The van der Waals surface area contributed by atoms with Gasteiger partial charge in [-0.1, -0.05) is 39.8 Å². The molecule has 0 radical (unpaired) electrons. The number of hydrogen-bond donors (Lipinski definition) is 2. The van der Waals surface area contributed by atoms with E-state index in [1.807, 2.05) is 18.5 Å². The smallest absolute Gasteiger partial charge is 0.191 e. The lowest BCUT2D eigenvalue weighted by Gasteiger charge is -2.27. The minimum absolute atomic E-state index is 0. The van der Waals surface area contributed by atoms with Crippen LogP contribution in [-0.4, -0.2) is 29.1 Å². The molecule has 7 heteroatoms. The van der Waals surface area contributed by atoms with E-state index in [0.29, 0.717) is 25.0 Å². The lowest BCUT2D eigenvalue weighted by Crippen LogP contribution is -2.43. The van der Waals surface area contributed by atoms with Crippen molar-refractivity contribution < 1.29 is 4.39 Å². The molecule has 2 aromatic rings. The van der Waals surface area contributed by atoms with E-state index in [1.54, 1.807) is 19.2 Å². The molecule has 2 rings (SSSR count). The minimum atomic E-state index is -0.226. The molecule has 0 amide bonds. The van der Waals surface area contributed by atoms with Gasteiger partial charge in [-0.15, -0.1) is 24.0 Å². The Labute approximate surface area is 178 Å². The van der Waals surface area contributed by atoms with Gasteiger partial charge in [0.15, 0.2) is 5.96 Å². The van der Waals surface area contributed by atoms with Crippen molar-refractivity contribution in [3.05, 3.63) is 53.9 Å². The topological polar surface area (TPSA) is 54.2 Å². The largest absolute Gasteiger partial charge is 0.356 e. The van der Waals surface area contributed by atoms with E-state index in [9.17, 15) is 4.39 Å². The molecule has 0 atom stereocenters. The van der Waals surface area contributed by atoms with Crippen molar-refractivity contribution in [2.75, 3.05) is 13.6 Å². The summed E-state index contributed by atoms with van der Waals surface area (Å²) in [5.41, 5.74) is 0.725. The first-order valence-corrected chi connectivity index (χ1v) is 9.02. The van der Waals surface area contributed by atoms with Crippen LogP contribution < -0.4 is 10.6 Å². The lowest BCUT2D eigenvalue weighted by molar-refractivity contribution is 0.495. The first-order valence-electron chi connectivity index (χ1n) is 9.02. The van der Waals surface area contributed by atoms with Gasteiger partial charge in [0.2, 0.25) is 0 Å². The van der Waals surface area contributed by atoms with Crippen LogP contribution in [0.25, 0.3) is 0 Å². The number of rotatable bonds is 7. The molecule has 0 saturated carbocycles. The quantitative estimate of drug-likeness (QED) is 0.354. The van der Waals surface area contributed by atoms with Gasteiger partial charge < -0.3 is 15.2 Å². The first kappa shape index (κ1) is 23.4. The maximum Gasteiger partial charge on any atom is 0.191 e. The minimum Gasteiger partial charge on any atom is -0.356 e. The van der Waals surface area contributed by atoms with Crippen molar-refractivity contribution in [1.82, 2.24) is 20.2 Å². The van der Waals surface area contributed by atoms with Gasteiger partial charge in [0.1, 0.15) is 11.6 Å². The molecule has 0 bridgehead atoms. The fourth-order valence-corrected chi connectivity index (χ4v) is 2.77. The van der Waals surface area contributed by atoms with Gasteiger partial charge in [-0.2, -0.15) is 0 Å². The molecular weight excluding hydrogens is 456 g/mol. The number of benzene rings is 1. The normalized spacial score (nSPS) is 12.0. The van der Waals surface area contributed by atoms with E-state index in [4.69, 9.17) is 0 Å². The second-order valence-corrected chi connectivity index (χ2v) is 7.56. The molecule has 0 aliphatic carbocycles. The van der Waals surface area contributed by atoms with Crippen molar-refractivity contribution >= 4 is 29.9 Å². The van der Waals surface area contributed by atoms with Crippen LogP contribution >= 0.6 is 24.0 Å². The number of halogens is 2. The fraction of sp³-hybridized carbons (Fsp3) is 0.500. The third-order valence-electron chi connectivity index (χ3n) is 4.30. The average molecular weight is 487 g/mol. The Hall–Kier alpha value is -1.64.